The van der Waals surface area contributed by atoms with Gasteiger partial charge >= 0.3 is 5.97 Å². The minimum Gasteiger partial charge on any atom is -0.478 e. The normalized spacial score (nSPS) is 11.1. The van der Waals surface area contributed by atoms with Gasteiger partial charge in [0.1, 0.15) is 0 Å². The number of carboxylic acids is 1. The molecule has 126 valence electrons. The average Bonchev–Trinajstić information content (AvgIpc) is 2.55. The first-order valence-electron chi connectivity index (χ1n) is 7.68. The van der Waals surface area contributed by atoms with Crippen molar-refractivity contribution in [2.24, 2.45) is 0 Å². The molecule has 0 spiro atoms. The number of amides is 1. The molecule has 0 bridgehead atoms. The van der Waals surface area contributed by atoms with Gasteiger partial charge in [-0.2, -0.15) is 0 Å². The lowest BCUT2D eigenvalue weighted by Gasteiger charge is -2.25. The number of carboxylic acid groups (broad SMARTS) is 1. The van der Waals surface area contributed by atoms with Crippen LogP contribution in [0.1, 0.15) is 35.3 Å². The van der Waals surface area contributed by atoms with E-state index in [0.29, 0.717) is 18.0 Å². The van der Waals surface area contributed by atoms with Crippen molar-refractivity contribution >= 4 is 23.5 Å². The maximum atomic E-state index is 12.5. The molecule has 0 aliphatic heterocycles. The highest BCUT2D eigenvalue weighted by Crippen LogP contribution is 2.29. The zero-order chi connectivity index (χ0) is 17.7. The number of rotatable bonds is 6. The number of halogens is 1. The van der Waals surface area contributed by atoms with Crippen LogP contribution in [-0.4, -0.2) is 23.5 Å². The molecule has 5 heteroatoms. The van der Waals surface area contributed by atoms with Gasteiger partial charge in [0.25, 0.3) is 0 Å². The van der Waals surface area contributed by atoms with Crippen LogP contribution in [0.4, 0.5) is 0 Å². The summed E-state index contributed by atoms with van der Waals surface area (Å²) in [5.41, 5.74) is 1.14. The van der Waals surface area contributed by atoms with Gasteiger partial charge in [0, 0.05) is 11.6 Å². The first kappa shape index (κ1) is 18.0. The summed E-state index contributed by atoms with van der Waals surface area (Å²) in [4.78, 5) is 23.5. The summed E-state index contributed by atoms with van der Waals surface area (Å²) in [7, 11) is 0. The fraction of sp³-hybridized carbons (Fsp3) is 0.263. The summed E-state index contributed by atoms with van der Waals surface area (Å²) < 4.78 is 0. The third-order valence-corrected chi connectivity index (χ3v) is 4.32. The van der Waals surface area contributed by atoms with E-state index in [2.05, 4.69) is 5.32 Å². The van der Waals surface area contributed by atoms with Gasteiger partial charge in [0.05, 0.1) is 11.0 Å². The van der Waals surface area contributed by atoms with Crippen LogP contribution < -0.4 is 5.32 Å². The van der Waals surface area contributed by atoms with Crippen LogP contribution in [0.5, 0.6) is 0 Å². The molecule has 24 heavy (non-hydrogen) atoms. The largest absolute Gasteiger partial charge is 0.478 e. The minimum atomic E-state index is -0.958. The number of nitrogens with one attached hydrogen (secondary N) is 1. The SMILES string of the molecule is CC(C)(C(=O)NCCc1cccc(C(=O)O)c1)c1ccccc1Cl. The van der Waals surface area contributed by atoms with Gasteiger partial charge in [0.15, 0.2) is 0 Å². The summed E-state index contributed by atoms with van der Waals surface area (Å²) in [5.74, 6) is -1.08. The molecular formula is C19H20ClNO3. The summed E-state index contributed by atoms with van der Waals surface area (Å²) in [6, 6.07) is 14.0. The van der Waals surface area contributed by atoms with Crippen LogP contribution in [0.3, 0.4) is 0 Å². The molecule has 0 atom stereocenters. The highest BCUT2D eigenvalue weighted by atomic mass is 35.5. The molecule has 2 aromatic rings. The third-order valence-electron chi connectivity index (χ3n) is 3.99. The Morgan fingerprint density at radius 2 is 1.83 bits per heavy atom. The summed E-state index contributed by atoms with van der Waals surface area (Å²) >= 11 is 6.19. The maximum Gasteiger partial charge on any atom is 0.335 e. The second-order valence-corrected chi connectivity index (χ2v) is 6.52. The Bertz CT molecular complexity index is 756. The van der Waals surface area contributed by atoms with Crippen LogP contribution in [-0.2, 0) is 16.6 Å². The second kappa shape index (κ2) is 7.49. The lowest BCUT2D eigenvalue weighted by molar-refractivity contribution is -0.125. The van der Waals surface area contributed by atoms with Gasteiger partial charge in [-0.05, 0) is 49.6 Å². The van der Waals surface area contributed by atoms with Gasteiger partial charge in [-0.1, -0.05) is 41.9 Å². The van der Waals surface area contributed by atoms with Crippen molar-refractivity contribution in [1.29, 1.82) is 0 Å². The quantitative estimate of drug-likeness (QED) is 0.839. The summed E-state index contributed by atoms with van der Waals surface area (Å²) in [6.45, 7) is 4.08. The molecule has 2 rings (SSSR count). The Kier molecular flexibility index (Phi) is 5.62. The lowest BCUT2D eigenvalue weighted by Crippen LogP contribution is -2.41. The van der Waals surface area contributed by atoms with E-state index in [9.17, 15) is 9.59 Å². The predicted octanol–water partition coefficient (Wildman–Crippen LogP) is 3.67. The number of hydrogen-bond donors (Lipinski definition) is 2. The zero-order valence-corrected chi connectivity index (χ0v) is 14.4. The van der Waals surface area contributed by atoms with Crippen LogP contribution in [0.2, 0.25) is 5.02 Å². The number of aromatic carboxylic acids is 1. The van der Waals surface area contributed by atoms with E-state index in [1.165, 1.54) is 0 Å². The Balaban J connectivity index is 1.99. The Morgan fingerprint density at radius 3 is 2.50 bits per heavy atom. The fourth-order valence-corrected chi connectivity index (χ4v) is 2.86. The first-order chi connectivity index (χ1) is 11.3. The summed E-state index contributed by atoms with van der Waals surface area (Å²) in [5, 5.41) is 12.5. The molecule has 0 saturated heterocycles. The van der Waals surface area contributed by atoms with E-state index >= 15 is 0 Å². The molecule has 0 radical (unpaired) electrons. The monoisotopic (exact) mass is 345 g/mol. The van der Waals surface area contributed by atoms with Crippen molar-refractivity contribution in [3.8, 4) is 0 Å². The smallest absolute Gasteiger partial charge is 0.335 e. The van der Waals surface area contributed by atoms with E-state index in [1.807, 2.05) is 38.1 Å². The van der Waals surface area contributed by atoms with Crippen LogP contribution >= 0.6 is 11.6 Å². The molecule has 1 amide bonds. The zero-order valence-electron chi connectivity index (χ0n) is 13.7. The van der Waals surface area contributed by atoms with Crippen molar-refractivity contribution in [2.45, 2.75) is 25.7 Å². The second-order valence-electron chi connectivity index (χ2n) is 6.12. The topological polar surface area (TPSA) is 66.4 Å². The van der Waals surface area contributed by atoms with E-state index in [4.69, 9.17) is 16.7 Å². The Labute approximate surface area is 146 Å². The number of hydrogen-bond acceptors (Lipinski definition) is 2. The first-order valence-corrected chi connectivity index (χ1v) is 8.05. The Morgan fingerprint density at radius 1 is 1.12 bits per heavy atom. The molecule has 0 saturated carbocycles. The van der Waals surface area contributed by atoms with Crippen molar-refractivity contribution in [3.05, 3.63) is 70.2 Å². The molecule has 0 heterocycles. The minimum absolute atomic E-state index is 0.120. The molecular weight excluding hydrogens is 326 g/mol. The van der Waals surface area contributed by atoms with E-state index < -0.39 is 11.4 Å². The van der Waals surface area contributed by atoms with Crippen molar-refractivity contribution in [2.75, 3.05) is 6.54 Å². The van der Waals surface area contributed by atoms with Crippen LogP contribution in [0.15, 0.2) is 48.5 Å². The maximum absolute atomic E-state index is 12.5. The molecule has 0 aliphatic carbocycles. The van der Waals surface area contributed by atoms with Gasteiger partial charge in [-0.15, -0.1) is 0 Å². The molecule has 2 N–H and O–H groups in total. The van der Waals surface area contributed by atoms with E-state index in [-0.39, 0.29) is 11.5 Å². The van der Waals surface area contributed by atoms with Crippen molar-refractivity contribution in [3.63, 3.8) is 0 Å². The van der Waals surface area contributed by atoms with Crippen LogP contribution in [0.25, 0.3) is 0 Å². The van der Waals surface area contributed by atoms with Gasteiger partial charge in [-0.3, -0.25) is 4.79 Å². The van der Waals surface area contributed by atoms with E-state index in [0.717, 1.165) is 11.1 Å². The Hall–Kier alpha value is -2.33. The molecule has 0 aromatic heterocycles. The molecule has 4 nitrogen and oxygen atoms in total. The fourth-order valence-electron chi connectivity index (χ4n) is 2.49. The van der Waals surface area contributed by atoms with E-state index in [1.54, 1.807) is 24.3 Å². The molecule has 0 fully saturated rings. The highest BCUT2D eigenvalue weighted by Gasteiger charge is 2.31. The molecule has 0 aliphatic rings. The number of carbonyl (C=O) groups is 2. The molecule has 0 unspecified atom stereocenters. The average molecular weight is 346 g/mol. The van der Waals surface area contributed by atoms with Gasteiger partial charge in [0.2, 0.25) is 5.91 Å². The van der Waals surface area contributed by atoms with Crippen LogP contribution in [0, 0.1) is 0 Å². The van der Waals surface area contributed by atoms with Crippen molar-refractivity contribution < 1.29 is 14.7 Å². The van der Waals surface area contributed by atoms with Crippen molar-refractivity contribution in [1.82, 2.24) is 5.32 Å². The predicted molar refractivity (Wildman–Crippen MR) is 94.6 cm³/mol. The third kappa shape index (κ3) is 4.15. The number of benzene rings is 2. The summed E-state index contributed by atoms with van der Waals surface area (Å²) in [6.07, 6.45) is 0.561. The standard InChI is InChI=1S/C19H20ClNO3/c1-19(2,15-8-3-4-9-16(15)20)18(24)21-11-10-13-6-5-7-14(12-13)17(22)23/h3-9,12H,10-11H2,1-2H3,(H,21,24)(H,22,23). The molecule has 2 aromatic carbocycles. The van der Waals surface area contributed by atoms with Gasteiger partial charge < -0.3 is 10.4 Å². The lowest BCUT2D eigenvalue weighted by atomic mass is 9.83. The highest BCUT2D eigenvalue weighted by molar-refractivity contribution is 6.31. The number of carbonyl (C=O) groups excluding carboxylic acids is 1. The van der Waals surface area contributed by atoms with Gasteiger partial charge in [-0.25, -0.2) is 4.79 Å².